The maximum absolute atomic E-state index is 12.0. The van der Waals surface area contributed by atoms with Gasteiger partial charge in [0, 0.05) is 29.0 Å². The lowest BCUT2D eigenvalue weighted by Gasteiger charge is -2.04. The van der Waals surface area contributed by atoms with Gasteiger partial charge in [-0.25, -0.2) is 4.98 Å². The second-order valence-electron chi connectivity index (χ2n) is 5.18. The number of para-hydroxylation sites is 1. The van der Waals surface area contributed by atoms with E-state index in [0.717, 1.165) is 0 Å². The molecule has 1 amide bonds. The summed E-state index contributed by atoms with van der Waals surface area (Å²) in [6.45, 7) is 0.235. The van der Waals surface area contributed by atoms with Crippen molar-refractivity contribution in [3.05, 3.63) is 75.2 Å². The first-order chi connectivity index (χ1) is 11.5. The molecule has 24 heavy (non-hydrogen) atoms. The second-order valence-corrected chi connectivity index (χ2v) is 5.62. The molecule has 7 nitrogen and oxygen atoms in total. The highest BCUT2D eigenvalue weighted by atomic mass is 35.5. The molecule has 0 aliphatic carbocycles. The molecule has 8 heteroatoms. The molecule has 0 radical (unpaired) electrons. The van der Waals surface area contributed by atoms with Crippen molar-refractivity contribution in [3.63, 3.8) is 0 Å². The van der Waals surface area contributed by atoms with Gasteiger partial charge in [0.05, 0.1) is 23.6 Å². The van der Waals surface area contributed by atoms with Crippen LogP contribution < -0.4 is 5.32 Å². The van der Waals surface area contributed by atoms with Gasteiger partial charge in [0.25, 0.3) is 5.69 Å². The van der Waals surface area contributed by atoms with E-state index in [0.29, 0.717) is 21.9 Å². The summed E-state index contributed by atoms with van der Waals surface area (Å²) in [6.07, 6.45) is 3.51. The van der Waals surface area contributed by atoms with Crippen LogP contribution in [0.25, 0.3) is 5.65 Å². The van der Waals surface area contributed by atoms with Crippen LogP contribution >= 0.6 is 11.6 Å². The molecule has 2 aromatic heterocycles. The first-order valence-corrected chi connectivity index (χ1v) is 7.53. The van der Waals surface area contributed by atoms with Gasteiger partial charge >= 0.3 is 0 Å². The number of fused-ring (bicyclic) bond motifs is 1. The lowest BCUT2D eigenvalue weighted by atomic mass is 10.1. The van der Waals surface area contributed by atoms with E-state index in [-0.39, 0.29) is 24.6 Å². The van der Waals surface area contributed by atoms with Crippen molar-refractivity contribution in [2.75, 3.05) is 0 Å². The summed E-state index contributed by atoms with van der Waals surface area (Å²) in [4.78, 5) is 26.9. The van der Waals surface area contributed by atoms with Crippen LogP contribution in [0.3, 0.4) is 0 Å². The van der Waals surface area contributed by atoms with Crippen molar-refractivity contribution in [3.8, 4) is 0 Å². The summed E-state index contributed by atoms with van der Waals surface area (Å²) in [6, 6.07) is 9.66. The quantitative estimate of drug-likeness (QED) is 0.569. The molecule has 1 N–H and O–H groups in total. The van der Waals surface area contributed by atoms with E-state index in [2.05, 4.69) is 10.3 Å². The molecule has 0 unspecified atom stereocenters. The molecule has 122 valence electrons. The largest absolute Gasteiger partial charge is 0.350 e. The predicted molar refractivity (Wildman–Crippen MR) is 88.8 cm³/mol. The van der Waals surface area contributed by atoms with E-state index in [1.807, 2.05) is 0 Å². The summed E-state index contributed by atoms with van der Waals surface area (Å²) >= 11 is 5.91. The number of amides is 1. The number of hydrogen-bond donors (Lipinski definition) is 1. The number of pyridine rings is 1. The van der Waals surface area contributed by atoms with Crippen molar-refractivity contribution in [1.29, 1.82) is 0 Å². The fourth-order valence-electron chi connectivity index (χ4n) is 2.36. The second kappa shape index (κ2) is 6.67. The van der Waals surface area contributed by atoms with E-state index in [1.165, 1.54) is 6.07 Å². The van der Waals surface area contributed by atoms with Gasteiger partial charge in [-0.3, -0.25) is 14.9 Å². The van der Waals surface area contributed by atoms with Crippen molar-refractivity contribution >= 4 is 28.8 Å². The van der Waals surface area contributed by atoms with Gasteiger partial charge in [-0.2, -0.15) is 0 Å². The van der Waals surface area contributed by atoms with Crippen LogP contribution in [-0.4, -0.2) is 20.2 Å². The van der Waals surface area contributed by atoms with Crippen LogP contribution in [0.2, 0.25) is 5.02 Å². The molecule has 3 aromatic rings. The number of nitro groups is 1. The Morgan fingerprint density at radius 3 is 2.92 bits per heavy atom. The number of aromatic nitrogens is 2. The lowest BCUT2D eigenvalue weighted by molar-refractivity contribution is -0.385. The maximum atomic E-state index is 12.0. The van der Waals surface area contributed by atoms with Gasteiger partial charge < -0.3 is 9.72 Å². The molecule has 0 fully saturated rings. The fraction of sp³-hybridized carbons (Fsp3) is 0.125. The number of nitro benzene ring substituents is 1. The van der Waals surface area contributed by atoms with Crippen LogP contribution in [0.4, 0.5) is 5.69 Å². The Balaban J connectivity index is 1.66. The number of nitrogens with one attached hydrogen (secondary N) is 1. The summed E-state index contributed by atoms with van der Waals surface area (Å²) in [7, 11) is 0. The molecule has 0 saturated heterocycles. The molecular weight excluding hydrogens is 332 g/mol. The SMILES string of the molecule is O=C(Cc1ccccc1[N+](=O)[O-])NCc1cn2ccc(Cl)cc2n1. The highest BCUT2D eigenvalue weighted by Gasteiger charge is 2.15. The van der Waals surface area contributed by atoms with Gasteiger partial charge in [-0.05, 0) is 12.1 Å². The predicted octanol–water partition coefficient (Wildman–Crippen LogP) is 2.75. The average Bonchev–Trinajstić information content (AvgIpc) is 2.95. The Bertz CT molecular complexity index is 923. The Kier molecular flexibility index (Phi) is 4.43. The lowest BCUT2D eigenvalue weighted by Crippen LogP contribution is -2.25. The third-order valence-corrected chi connectivity index (χ3v) is 3.71. The third kappa shape index (κ3) is 3.52. The Hall–Kier alpha value is -2.93. The molecule has 0 saturated carbocycles. The van der Waals surface area contributed by atoms with Crippen LogP contribution in [-0.2, 0) is 17.8 Å². The van der Waals surface area contributed by atoms with Crippen LogP contribution in [0.15, 0.2) is 48.8 Å². The number of nitrogens with zero attached hydrogens (tertiary/aromatic N) is 3. The zero-order valence-corrected chi connectivity index (χ0v) is 13.2. The van der Waals surface area contributed by atoms with Crippen LogP contribution in [0.5, 0.6) is 0 Å². The van der Waals surface area contributed by atoms with Crippen LogP contribution in [0.1, 0.15) is 11.3 Å². The summed E-state index contributed by atoms with van der Waals surface area (Å²) in [5.41, 5.74) is 1.68. The number of rotatable bonds is 5. The fourth-order valence-corrected chi connectivity index (χ4v) is 2.51. The summed E-state index contributed by atoms with van der Waals surface area (Å²) in [5, 5.41) is 14.3. The van der Waals surface area contributed by atoms with E-state index in [9.17, 15) is 14.9 Å². The number of halogens is 1. The van der Waals surface area contributed by atoms with Crippen LogP contribution in [0, 0.1) is 10.1 Å². The molecular formula is C16H13ClN4O3. The Morgan fingerprint density at radius 1 is 1.33 bits per heavy atom. The number of carbonyl (C=O) groups excluding carboxylic acids is 1. The van der Waals surface area contributed by atoms with Gasteiger partial charge in [-0.15, -0.1) is 0 Å². The topological polar surface area (TPSA) is 89.5 Å². The first kappa shape index (κ1) is 15.9. The number of benzene rings is 1. The zero-order valence-electron chi connectivity index (χ0n) is 12.5. The van der Waals surface area contributed by atoms with Crippen molar-refractivity contribution in [2.24, 2.45) is 0 Å². The minimum Gasteiger partial charge on any atom is -0.350 e. The highest BCUT2D eigenvalue weighted by Crippen LogP contribution is 2.18. The number of carbonyl (C=O) groups is 1. The number of imidazole rings is 1. The van der Waals surface area contributed by atoms with Crippen molar-refractivity contribution < 1.29 is 9.72 Å². The molecule has 0 spiro atoms. The van der Waals surface area contributed by atoms with Gasteiger partial charge in [0.2, 0.25) is 5.91 Å². The van der Waals surface area contributed by atoms with Gasteiger partial charge in [0.15, 0.2) is 0 Å². The van der Waals surface area contributed by atoms with Crippen molar-refractivity contribution in [2.45, 2.75) is 13.0 Å². The van der Waals surface area contributed by atoms with Gasteiger partial charge in [-0.1, -0.05) is 29.8 Å². The molecule has 0 aliphatic rings. The van der Waals surface area contributed by atoms with Gasteiger partial charge in [0.1, 0.15) is 5.65 Å². The van der Waals surface area contributed by atoms with E-state index >= 15 is 0 Å². The first-order valence-electron chi connectivity index (χ1n) is 7.15. The smallest absolute Gasteiger partial charge is 0.273 e. The van der Waals surface area contributed by atoms with E-state index in [1.54, 1.807) is 47.1 Å². The Morgan fingerprint density at radius 2 is 2.12 bits per heavy atom. The zero-order chi connectivity index (χ0) is 17.1. The summed E-state index contributed by atoms with van der Waals surface area (Å²) < 4.78 is 1.80. The molecule has 0 atom stereocenters. The van der Waals surface area contributed by atoms with E-state index in [4.69, 9.17) is 11.6 Å². The normalized spacial score (nSPS) is 10.7. The van der Waals surface area contributed by atoms with E-state index < -0.39 is 4.92 Å². The highest BCUT2D eigenvalue weighted by molar-refractivity contribution is 6.30. The Labute approximate surface area is 142 Å². The van der Waals surface area contributed by atoms with Crippen molar-refractivity contribution in [1.82, 2.24) is 14.7 Å². The average molecular weight is 345 g/mol. The molecule has 1 aromatic carbocycles. The minimum absolute atomic E-state index is 0.0592. The third-order valence-electron chi connectivity index (χ3n) is 3.48. The standard InChI is InChI=1S/C16H13ClN4O3/c17-12-5-6-20-10-13(19-15(20)8-12)9-18-16(22)7-11-3-1-2-4-14(11)21(23)24/h1-6,8,10H,7,9H2,(H,18,22). The summed E-state index contributed by atoms with van der Waals surface area (Å²) in [5.74, 6) is -0.306. The maximum Gasteiger partial charge on any atom is 0.273 e. The molecule has 0 aliphatic heterocycles. The molecule has 0 bridgehead atoms. The monoisotopic (exact) mass is 344 g/mol. The minimum atomic E-state index is -0.492. The molecule has 3 rings (SSSR count). The molecule has 2 heterocycles. The number of hydrogen-bond acceptors (Lipinski definition) is 4.